The Kier molecular flexibility index (Phi) is 5.39. The van der Waals surface area contributed by atoms with E-state index in [0.29, 0.717) is 28.5 Å². The van der Waals surface area contributed by atoms with Crippen LogP contribution in [0.4, 0.5) is 4.39 Å². The summed E-state index contributed by atoms with van der Waals surface area (Å²) in [7, 11) is 1.60. The van der Waals surface area contributed by atoms with E-state index in [2.05, 4.69) is 5.16 Å². The second-order valence-corrected chi connectivity index (χ2v) is 6.77. The van der Waals surface area contributed by atoms with Gasteiger partial charge in [-0.2, -0.15) is 0 Å². The summed E-state index contributed by atoms with van der Waals surface area (Å²) in [4.78, 5) is 0. The third-order valence-corrected chi connectivity index (χ3v) is 4.77. The van der Waals surface area contributed by atoms with Gasteiger partial charge >= 0.3 is 0 Å². The first-order valence-electron chi connectivity index (χ1n) is 9.37. The molecule has 0 saturated heterocycles. The lowest BCUT2D eigenvalue weighted by molar-refractivity contribution is 0.304. The molecule has 152 valence electrons. The maximum Gasteiger partial charge on any atom is 0.178 e. The number of aromatic hydroxyl groups is 1. The van der Waals surface area contributed by atoms with Gasteiger partial charge in [-0.1, -0.05) is 35.5 Å². The number of aryl methyl sites for hydroxylation is 1. The molecule has 0 amide bonds. The Morgan fingerprint density at radius 2 is 1.77 bits per heavy atom. The molecule has 0 aliphatic rings. The molecule has 3 aromatic carbocycles. The molecule has 6 heteroatoms. The van der Waals surface area contributed by atoms with Crippen LogP contribution in [-0.4, -0.2) is 17.4 Å². The van der Waals surface area contributed by atoms with E-state index in [0.717, 1.165) is 16.7 Å². The molecule has 30 heavy (non-hydrogen) atoms. The molecule has 0 unspecified atom stereocenters. The van der Waals surface area contributed by atoms with Gasteiger partial charge in [0.05, 0.1) is 23.9 Å². The minimum atomic E-state index is -0.297. The van der Waals surface area contributed by atoms with Gasteiger partial charge in [0.25, 0.3) is 0 Å². The van der Waals surface area contributed by atoms with E-state index in [1.54, 1.807) is 31.4 Å². The molecule has 4 aromatic rings. The summed E-state index contributed by atoms with van der Waals surface area (Å²) in [6, 6.07) is 18.6. The van der Waals surface area contributed by atoms with Gasteiger partial charge in [0.2, 0.25) is 0 Å². The second kappa shape index (κ2) is 8.29. The van der Waals surface area contributed by atoms with Crippen LogP contribution in [0.3, 0.4) is 0 Å². The van der Waals surface area contributed by atoms with Crippen molar-refractivity contribution in [2.75, 3.05) is 7.11 Å². The first-order valence-corrected chi connectivity index (χ1v) is 9.37. The molecule has 0 aliphatic heterocycles. The number of halogens is 1. The zero-order chi connectivity index (χ0) is 21.1. The number of ether oxygens (including phenoxy) is 2. The first kappa shape index (κ1) is 19.5. The largest absolute Gasteiger partial charge is 0.507 e. The normalized spacial score (nSPS) is 10.8. The Balaban J connectivity index is 1.63. The van der Waals surface area contributed by atoms with E-state index >= 15 is 0 Å². The molecule has 0 bridgehead atoms. The summed E-state index contributed by atoms with van der Waals surface area (Å²) in [5, 5.41) is 14.7. The topological polar surface area (TPSA) is 64.7 Å². The fraction of sp³-hybridized carbons (Fsp3) is 0.125. The highest BCUT2D eigenvalue weighted by molar-refractivity contribution is 5.86. The molecular formula is C24H20FNO4. The highest BCUT2D eigenvalue weighted by Gasteiger charge is 2.22. The Morgan fingerprint density at radius 3 is 2.50 bits per heavy atom. The van der Waals surface area contributed by atoms with Gasteiger partial charge in [-0.15, -0.1) is 0 Å². The summed E-state index contributed by atoms with van der Waals surface area (Å²) >= 11 is 0. The number of phenols is 1. The van der Waals surface area contributed by atoms with Gasteiger partial charge in [0, 0.05) is 11.6 Å². The average molecular weight is 405 g/mol. The van der Waals surface area contributed by atoms with Gasteiger partial charge in [-0.25, -0.2) is 4.39 Å². The molecule has 5 nitrogen and oxygen atoms in total. The van der Waals surface area contributed by atoms with E-state index in [1.807, 2.05) is 31.2 Å². The van der Waals surface area contributed by atoms with Crippen LogP contribution in [0.2, 0.25) is 0 Å². The first-order chi connectivity index (χ1) is 14.6. The SMILES string of the molecule is COc1ccccc1-c1c(C)noc1-c1ccc(OCc2ccc(F)cc2)cc1O. The number of aromatic nitrogens is 1. The van der Waals surface area contributed by atoms with Crippen molar-refractivity contribution in [2.24, 2.45) is 0 Å². The van der Waals surface area contributed by atoms with Crippen LogP contribution in [0.5, 0.6) is 17.2 Å². The minimum Gasteiger partial charge on any atom is -0.507 e. The van der Waals surface area contributed by atoms with Crippen molar-refractivity contribution >= 4 is 0 Å². The molecule has 0 radical (unpaired) electrons. The maximum absolute atomic E-state index is 13.0. The summed E-state index contributed by atoms with van der Waals surface area (Å²) in [6.45, 7) is 2.10. The lowest BCUT2D eigenvalue weighted by Crippen LogP contribution is -1.95. The number of benzene rings is 3. The Bertz CT molecular complexity index is 1170. The molecule has 0 atom stereocenters. The number of hydrogen-bond acceptors (Lipinski definition) is 5. The Morgan fingerprint density at radius 1 is 1.00 bits per heavy atom. The van der Waals surface area contributed by atoms with Crippen LogP contribution < -0.4 is 9.47 Å². The zero-order valence-corrected chi connectivity index (χ0v) is 16.6. The molecule has 4 rings (SSSR count). The highest BCUT2D eigenvalue weighted by atomic mass is 19.1. The van der Waals surface area contributed by atoms with Crippen molar-refractivity contribution in [1.82, 2.24) is 5.16 Å². The van der Waals surface area contributed by atoms with Crippen molar-refractivity contribution in [2.45, 2.75) is 13.5 Å². The maximum atomic E-state index is 13.0. The van der Waals surface area contributed by atoms with Crippen molar-refractivity contribution in [3.8, 4) is 39.7 Å². The summed E-state index contributed by atoms with van der Waals surface area (Å²) in [5.41, 5.74) is 3.58. The second-order valence-electron chi connectivity index (χ2n) is 6.77. The van der Waals surface area contributed by atoms with Gasteiger partial charge in [0.1, 0.15) is 29.7 Å². The fourth-order valence-corrected chi connectivity index (χ4v) is 3.26. The number of nitrogens with zero attached hydrogens (tertiary/aromatic N) is 1. The van der Waals surface area contributed by atoms with Gasteiger partial charge in [-0.3, -0.25) is 0 Å². The highest BCUT2D eigenvalue weighted by Crippen LogP contribution is 2.42. The van der Waals surface area contributed by atoms with Gasteiger partial charge in [0.15, 0.2) is 5.76 Å². The van der Waals surface area contributed by atoms with E-state index in [-0.39, 0.29) is 18.2 Å². The van der Waals surface area contributed by atoms with Crippen LogP contribution >= 0.6 is 0 Å². The van der Waals surface area contributed by atoms with Crippen LogP contribution in [0, 0.1) is 12.7 Å². The smallest absolute Gasteiger partial charge is 0.178 e. The quantitative estimate of drug-likeness (QED) is 0.443. The van der Waals surface area contributed by atoms with E-state index in [4.69, 9.17) is 14.0 Å². The predicted molar refractivity (Wildman–Crippen MR) is 111 cm³/mol. The van der Waals surface area contributed by atoms with Crippen LogP contribution in [0.15, 0.2) is 71.3 Å². The molecule has 0 saturated carbocycles. The van der Waals surface area contributed by atoms with Gasteiger partial charge < -0.3 is 19.1 Å². The molecule has 0 aliphatic carbocycles. The summed E-state index contributed by atoms with van der Waals surface area (Å²) < 4.78 is 29.8. The summed E-state index contributed by atoms with van der Waals surface area (Å²) in [5.74, 6) is 1.31. The average Bonchev–Trinajstić information content (AvgIpc) is 3.14. The number of para-hydroxylation sites is 1. The van der Waals surface area contributed by atoms with E-state index < -0.39 is 0 Å². The van der Waals surface area contributed by atoms with Gasteiger partial charge in [-0.05, 0) is 42.8 Å². The Hall–Kier alpha value is -3.80. The molecule has 0 spiro atoms. The van der Waals surface area contributed by atoms with Crippen molar-refractivity contribution in [1.29, 1.82) is 0 Å². The molecule has 1 N–H and O–H groups in total. The van der Waals surface area contributed by atoms with Crippen LogP contribution in [0.25, 0.3) is 22.5 Å². The Labute approximate surface area is 173 Å². The van der Waals surface area contributed by atoms with E-state index in [1.165, 1.54) is 18.2 Å². The van der Waals surface area contributed by atoms with Crippen molar-refractivity contribution in [3.05, 3.63) is 83.8 Å². The third-order valence-electron chi connectivity index (χ3n) is 4.77. The van der Waals surface area contributed by atoms with Crippen LogP contribution in [0.1, 0.15) is 11.3 Å². The monoisotopic (exact) mass is 405 g/mol. The predicted octanol–water partition coefficient (Wildman–Crippen LogP) is 5.75. The molecule has 0 fully saturated rings. The zero-order valence-electron chi connectivity index (χ0n) is 16.6. The minimum absolute atomic E-state index is 0.00101. The van der Waals surface area contributed by atoms with E-state index in [9.17, 15) is 9.50 Å². The third kappa shape index (κ3) is 3.85. The molecule has 1 heterocycles. The number of hydrogen-bond donors (Lipinski definition) is 1. The lowest BCUT2D eigenvalue weighted by atomic mass is 9.98. The van der Waals surface area contributed by atoms with Crippen LogP contribution in [-0.2, 0) is 6.61 Å². The molecular weight excluding hydrogens is 385 g/mol. The lowest BCUT2D eigenvalue weighted by Gasteiger charge is -2.11. The number of rotatable bonds is 6. The standard InChI is InChI=1S/C24H20FNO4/c1-15-23(20-5-3-4-6-22(20)28-2)24(30-26-15)19-12-11-18(13-21(19)27)29-14-16-7-9-17(25)10-8-16/h3-13,27H,14H2,1-2H3. The van der Waals surface area contributed by atoms with Crippen molar-refractivity contribution < 1.29 is 23.5 Å². The number of phenolic OH excluding ortho intramolecular Hbond substituents is 1. The fourth-order valence-electron chi connectivity index (χ4n) is 3.26. The number of methoxy groups -OCH3 is 1. The summed E-state index contributed by atoms with van der Waals surface area (Å²) in [6.07, 6.45) is 0. The molecule has 1 aromatic heterocycles. The van der Waals surface area contributed by atoms with Crippen molar-refractivity contribution in [3.63, 3.8) is 0 Å².